The van der Waals surface area contributed by atoms with Crippen molar-refractivity contribution in [2.24, 2.45) is 0 Å². The van der Waals surface area contributed by atoms with Crippen LogP contribution in [0.4, 0.5) is 5.13 Å². The highest BCUT2D eigenvalue weighted by atomic mass is 32.1. The average molecular weight is 643 g/mol. The molecule has 0 aliphatic carbocycles. The molecular weight excluding hydrogens is 612 g/mol. The standard InChI is InChI=1S/C34H30N2O9S/c1-4-42-25-16-21(10-12-24(25)45-18-20-8-6-5-7-9-20)28-27(29(37)22-11-13-23-26(17-22)44-15-14-43-23)30(38)32(39)36(28)34-35-19(2)31(46-34)33(40)41-3/h5-13,16-17,28,37H,4,14-15,18H2,1-3H3/b29-27+. The first-order chi connectivity index (χ1) is 22.3. The summed E-state index contributed by atoms with van der Waals surface area (Å²) in [4.78, 5) is 45.8. The molecule has 46 heavy (non-hydrogen) atoms. The van der Waals surface area contributed by atoms with Crippen LogP contribution in [0.1, 0.15) is 45.0 Å². The van der Waals surface area contributed by atoms with Gasteiger partial charge in [0.2, 0.25) is 0 Å². The normalized spacial score (nSPS) is 16.8. The zero-order valence-electron chi connectivity index (χ0n) is 25.3. The molecule has 1 amide bonds. The van der Waals surface area contributed by atoms with Crippen molar-refractivity contribution in [2.45, 2.75) is 26.5 Å². The molecule has 12 heteroatoms. The van der Waals surface area contributed by atoms with Crippen LogP contribution in [0.15, 0.2) is 72.3 Å². The molecule has 1 saturated heterocycles. The van der Waals surface area contributed by atoms with E-state index in [4.69, 9.17) is 23.7 Å². The summed E-state index contributed by atoms with van der Waals surface area (Å²) in [7, 11) is 1.25. The van der Waals surface area contributed by atoms with E-state index in [0.29, 0.717) is 54.1 Å². The summed E-state index contributed by atoms with van der Waals surface area (Å²) in [6, 6.07) is 18.4. The number of thiazole rings is 1. The first kappa shape index (κ1) is 30.7. The number of methoxy groups -OCH3 is 1. The van der Waals surface area contributed by atoms with Crippen molar-refractivity contribution in [3.05, 3.63) is 99.6 Å². The Hall–Kier alpha value is -5.36. The summed E-state index contributed by atoms with van der Waals surface area (Å²) < 4.78 is 28.2. The highest BCUT2D eigenvalue weighted by Crippen LogP contribution is 2.46. The molecule has 6 rings (SSSR count). The number of aromatic nitrogens is 1. The highest BCUT2D eigenvalue weighted by molar-refractivity contribution is 7.17. The van der Waals surface area contributed by atoms with E-state index in [1.54, 1.807) is 43.3 Å². The maximum Gasteiger partial charge on any atom is 0.350 e. The quantitative estimate of drug-likeness (QED) is 0.106. The molecule has 4 aromatic rings. The summed E-state index contributed by atoms with van der Waals surface area (Å²) in [5.74, 6) is -1.14. The Labute approximate surface area is 268 Å². The van der Waals surface area contributed by atoms with Gasteiger partial charge < -0.3 is 28.8 Å². The zero-order valence-corrected chi connectivity index (χ0v) is 26.1. The number of rotatable bonds is 9. The number of aliphatic hydroxyl groups is 1. The van der Waals surface area contributed by atoms with Crippen molar-refractivity contribution in [3.63, 3.8) is 0 Å². The molecule has 11 nitrogen and oxygen atoms in total. The Balaban J connectivity index is 1.48. The molecular formula is C34H30N2O9S. The number of benzene rings is 3. The van der Waals surface area contributed by atoms with Crippen LogP contribution in [0, 0.1) is 6.92 Å². The molecule has 1 aromatic heterocycles. The third-order valence-corrected chi connectivity index (χ3v) is 8.58. The zero-order chi connectivity index (χ0) is 32.4. The van der Waals surface area contributed by atoms with E-state index < -0.39 is 29.5 Å². The second-order valence-corrected chi connectivity index (χ2v) is 11.3. The van der Waals surface area contributed by atoms with Crippen molar-refractivity contribution in [3.8, 4) is 23.0 Å². The summed E-state index contributed by atoms with van der Waals surface area (Å²) in [5, 5.41) is 11.8. The van der Waals surface area contributed by atoms with E-state index in [0.717, 1.165) is 16.9 Å². The molecule has 0 radical (unpaired) electrons. The van der Waals surface area contributed by atoms with E-state index in [1.165, 1.54) is 12.0 Å². The molecule has 3 aromatic carbocycles. The largest absolute Gasteiger partial charge is 0.507 e. The first-order valence-electron chi connectivity index (χ1n) is 14.5. The first-order valence-corrected chi connectivity index (χ1v) is 15.3. The van der Waals surface area contributed by atoms with Crippen LogP contribution in [-0.4, -0.2) is 54.7 Å². The molecule has 0 spiro atoms. The second kappa shape index (κ2) is 12.9. The van der Waals surface area contributed by atoms with Gasteiger partial charge in [-0.3, -0.25) is 14.5 Å². The fourth-order valence-electron chi connectivity index (χ4n) is 5.28. The molecule has 1 atom stereocenters. The number of ketones is 1. The lowest BCUT2D eigenvalue weighted by atomic mass is 9.95. The number of anilines is 1. The van der Waals surface area contributed by atoms with E-state index in [-0.39, 0.29) is 27.8 Å². The van der Waals surface area contributed by atoms with Gasteiger partial charge in [0, 0.05) is 5.56 Å². The smallest absolute Gasteiger partial charge is 0.350 e. The predicted molar refractivity (Wildman–Crippen MR) is 169 cm³/mol. The van der Waals surface area contributed by atoms with E-state index in [1.807, 2.05) is 37.3 Å². The molecule has 236 valence electrons. The number of fused-ring (bicyclic) bond motifs is 1. The molecule has 1 fully saturated rings. The summed E-state index contributed by atoms with van der Waals surface area (Å²) in [6.45, 7) is 4.76. The number of aliphatic hydroxyl groups excluding tert-OH is 1. The minimum Gasteiger partial charge on any atom is -0.507 e. The monoisotopic (exact) mass is 642 g/mol. The van der Waals surface area contributed by atoms with E-state index in [2.05, 4.69) is 4.98 Å². The molecule has 2 aliphatic heterocycles. The third-order valence-electron chi connectivity index (χ3n) is 7.44. The van der Waals surface area contributed by atoms with Crippen LogP contribution in [0.3, 0.4) is 0 Å². The van der Waals surface area contributed by atoms with Crippen molar-refractivity contribution in [2.75, 3.05) is 31.8 Å². The number of aryl methyl sites for hydroxylation is 1. The van der Waals surface area contributed by atoms with Crippen LogP contribution < -0.4 is 23.8 Å². The Morgan fingerprint density at radius 1 is 1.00 bits per heavy atom. The topological polar surface area (TPSA) is 134 Å². The van der Waals surface area contributed by atoms with Gasteiger partial charge in [-0.25, -0.2) is 9.78 Å². The van der Waals surface area contributed by atoms with Gasteiger partial charge in [0.1, 0.15) is 30.5 Å². The fourth-order valence-corrected chi connectivity index (χ4v) is 6.29. The van der Waals surface area contributed by atoms with Gasteiger partial charge in [-0.2, -0.15) is 0 Å². The second-order valence-electron chi connectivity index (χ2n) is 10.3. The Morgan fingerprint density at radius 3 is 2.50 bits per heavy atom. The lowest BCUT2D eigenvalue weighted by Gasteiger charge is -2.24. The van der Waals surface area contributed by atoms with Gasteiger partial charge in [0.15, 0.2) is 28.1 Å². The highest BCUT2D eigenvalue weighted by Gasteiger charge is 2.49. The number of nitrogens with zero attached hydrogens (tertiary/aromatic N) is 2. The van der Waals surface area contributed by atoms with E-state index in [9.17, 15) is 19.5 Å². The Bertz CT molecular complexity index is 1850. The summed E-state index contributed by atoms with van der Waals surface area (Å²) >= 11 is 0.916. The number of carbonyl (C=O) groups excluding carboxylic acids is 3. The maximum absolute atomic E-state index is 13.8. The van der Waals surface area contributed by atoms with Crippen molar-refractivity contribution < 1.29 is 43.2 Å². The summed E-state index contributed by atoms with van der Waals surface area (Å²) in [6.07, 6.45) is 0. The lowest BCUT2D eigenvalue weighted by Crippen LogP contribution is -2.29. The fraction of sp³-hybridized carbons (Fsp3) is 0.235. The number of amides is 1. The van der Waals surface area contributed by atoms with Gasteiger partial charge in [-0.15, -0.1) is 0 Å². The van der Waals surface area contributed by atoms with Crippen LogP contribution in [-0.2, 0) is 20.9 Å². The van der Waals surface area contributed by atoms with Gasteiger partial charge in [-0.1, -0.05) is 47.7 Å². The molecule has 0 bridgehead atoms. The number of hydrogen-bond donors (Lipinski definition) is 1. The van der Waals surface area contributed by atoms with Gasteiger partial charge >= 0.3 is 11.9 Å². The van der Waals surface area contributed by atoms with Gasteiger partial charge in [0.05, 0.1) is 31.0 Å². The van der Waals surface area contributed by atoms with Crippen LogP contribution in [0.2, 0.25) is 0 Å². The number of esters is 1. The van der Waals surface area contributed by atoms with Gasteiger partial charge in [-0.05, 0) is 55.3 Å². The maximum atomic E-state index is 13.8. The molecule has 1 unspecified atom stereocenters. The SMILES string of the molecule is CCOc1cc(C2/C(=C(\O)c3ccc4c(c3)OCCO4)C(=O)C(=O)N2c2nc(C)c(C(=O)OC)s2)ccc1OCc1ccccc1. The van der Waals surface area contributed by atoms with Gasteiger partial charge in [0.25, 0.3) is 5.78 Å². The number of carbonyl (C=O) groups is 3. The predicted octanol–water partition coefficient (Wildman–Crippen LogP) is 5.61. The van der Waals surface area contributed by atoms with Crippen molar-refractivity contribution in [1.29, 1.82) is 0 Å². The molecule has 3 heterocycles. The number of hydrogen-bond acceptors (Lipinski definition) is 11. The van der Waals surface area contributed by atoms with Crippen LogP contribution in [0.25, 0.3) is 5.76 Å². The number of ether oxygens (including phenoxy) is 5. The minimum absolute atomic E-state index is 0.0913. The number of Topliss-reactive ketones (excluding diaryl/α,β-unsaturated/α-hetero) is 1. The lowest BCUT2D eigenvalue weighted by molar-refractivity contribution is -0.132. The minimum atomic E-state index is -1.13. The molecule has 2 aliphatic rings. The Morgan fingerprint density at radius 2 is 1.76 bits per heavy atom. The van der Waals surface area contributed by atoms with Crippen LogP contribution >= 0.6 is 11.3 Å². The molecule has 1 N–H and O–H groups in total. The van der Waals surface area contributed by atoms with Crippen LogP contribution in [0.5, 0.6) is 23.0 Å². The van der Waals surface area contributed by atoms with Crippen molar-refractivity contribution in [1.82, 2.24) is 4.98 Å². The molecule has 0 saturated carbocycles. The third kappa shape index (κ3) is 5.74. The van der Waals surface area contributed by atoms with Crippen molar-refractivity contribution >= 4 is 39.9 Å². The van der Waals surface area contributed by atoms with E-state index >= 15 is 0 Å². The summed E-state index contributed by atoms with van der Waals surface area (Å²) in [5.41, 5.74) is 1.82. The average Bonchev–Trinajstić information content (AvgIpc) is 3.59. The Kier molecular flexibility index (Phi) is 8.62.